The fourth-order valence-corrected chi connectivity index (χ4v) is 11.0. The van der Waals surface area contributed by atoms with E-state index in [0.717, 1.165) is 108 Å². The zero-order valence-corrected chi connectivity index (χ0v) is 55.6. The van der Waals surface area contributed by atoms with Crippen LogP contribution in [0.5, 0.6) is 0 Å². The molecule has 492 valence electrons. The van der Waals surface area contributed by atoms with Crippen molar-refractivity contribution in [3.63, 3.8) is 0 Å². The largest absolute Gasteiger partial charge is 0.472 e. The second kappa shape index (κ2) is 54.2. The van der Waals surface area contributed by atoms with Crippen molar-refractivity contribution < 1.29 is 80.2 Å². The minimum absolute atomic E-state index is 0.102. The zero-order valence-electron chi connectivity index (χ0n) is 53.8. The molecule has 0 radical (unpaired) electrons. The van der Waals surface area contributed by atoms with Crippen LogP contribution < -0.4 is 0 Å². The molecule has 3 unspecified atom stereocenters. The molecule has 0 saturated heterocycles. The lowest BCUT2D eigenvalue weighted by molar-refractivity contribution is -0.161. The monoisotopic (exact) mass is 1230 g/mol. The summed E-state index contributed by atoms with van der Waals surface area (Å²) in [7, 11) is -9.89. The quantitative estimate of drug-likeness (QED) is 0.0222. The maximum atomic E-state index is 13.0. The molecule has 0 saturated carbocycles. The van der Waals surface area contributed by atoms with Gasteiger partial charge in [-0.3, -0.25) is 37.3 Å². The number of hydrogen-bond donors (Lipinski definition) is 3. The molecule has 6 atom stereocenters. The Kier molecular flexibility index (Phi) is 53.0. The molecule has 0 aliphatic carbocycles. The van der Waals surface area contributed by atoms with E-state index in [9.17, 15) is 43.2 Å². The van der Waals surface area contributed by atoms with E-state index in [1.165, 1.54) is 103 Å². The molecule has 0 amide bonds. The van der Waals surface area contributed by atoms with Crippen molar-refractivity contribution in [2.75, 3.05) is 39.6 Å². The number of hydrogen-bond acceptors (Lipinski definition) is 15. The summed E-state index contributed by atoms with van der Waals surface area (Å²) >= 11 is 0. The van der Waals surface area contributed by atoms with Crippen LogP contribution in [0.2, 0.25) is 0 Å². The van der Waals surface area contributed by atoms with Crippen LogP contribution in [-0.4, -0.2) is 96.7 Å². The molecule has 0 aromatic heterocycles. The molecule has 17 nitrogen and oxygen atoms in total. The predicted molar refractivity (Wildman–Crippen MR) is 331 cm³/mol. The molecule has 3 N–H and O–H groups in total. The number of rotatable bonds is 61. The molecule has 19 heteroatoms. The molecule has 0 aromatic rings. The Labute approximate surface area is 505 Å². The number of unbranched alkanes of at least 4 members (excludes halogenated alkanes) is 26. The number of aliphatic hydroxyl groups excluding tert-OH is 1. The van der Waals surface area contributed by atoms with Gasteiger partial charge in [0.2, 0.25) is 0 Å². The highest BCUT2D eigenvalue weighted by Crippen LogP contribution is 2.45. The van der Waals surface area contributed by atoms with E-state index in [1.807, 2.05) is 0 Å². The van der Waals surface area contributed by atoms with Gasteiger partial charge in [0.25, 0.3) is 0 Å². The summed E-state index contributed by atoms with van der Waals surface area (Å²) in [6.07, 6.45) is 33.7. The van der Waals surface area contributed by atoms with Gasteiger partial charge in [-0.1, -0.05) is 254 Å². The molecular weight excluding hydrogens is 1100 g/mol. The number of carbonyl (C=O) groups excluding carboxylic acids is 4. The summed E-state index contributed by atoms with van der Waals surface area (Å²) in [5.74, 6) is 0.746. The second-order valence-electron chi connectivity index (χ2n) is 24.8. The van der Waals surface area contributed by atoms with E-state index < -0.39 is 97.5 Å². The van der Waals surface area contributed by atoms with Gasteiger partial charge >= 0.3 is 39.5 Å². The Morgan fingerprint density at radius 3 is 0.855 bits per heavy atom. The number of aliphatic hydroxyl groups is 1. The molecule has 83 heavy (non-hydrogen) atoms. The standard InChI is InChI=1S/C64H124O17P2/c1-9-57(8)43-35-27-18-13-14-20-30-38-46-63(68)80-60(51-75-62(67)45-37-29-23-22-26-34-42-56(6)7)53-79-83(72,73)77-49-58(65)48-76-82(70,71)78-52-59(81-64(69)47-39-31-21-15-17-25-33-41-55(4)5)50-74-61(66)44-36-28-19-12-10-11-16-24-32-40-54(2)3/h54-60,65H,9-53H2,1-8H3,(H,70,71)(H,72,73)/t57?,58-,59-,60-/m1/s1. The Hall–Kier alpha value is -1.94. The predicted octanol–water partition coefficient (Wildman–Crippen LogP) is 17.4. The van der Waals surface area contributed by atoms with Crippen molar-refractivity contribution in [1.29, 1.82) is 0 Å². The molecule has 0 rings (SSSR count). The van der Waals surface area contributed by atoms with Crippen LogP contribution in [0, 0.1) is 23.7 Å². The average molecular weight is 1230 g/mol. The zero-order chi connectivity index (χ0) is 61.8. The van der Waals surface area contributed by atoms with Crippen molar-refractivity contribution in [1.82, 2.24) is 0 Å². The second-order valence-corrected chi connectivity index (χ2v) is 27.7. The summed E-state index contributed by atoms with van der Waals surface area (Å²) in [6.45, 7) is 13.9. The normalized spacial score (nSPS) is 14.8. The minimum Gasteiger partial charge on any atom is -0.462 e. The van der Waals surface area contributed by atoms with Crippen molar-refractivity contribution >= 4 is 39.5 Å². The van der Waals surface area contributed by atoms with Crippen molar-refractivity contribution in [3.8, 4) is 0 Å². The molecule has 0 aliphatic heterocycles. The summed E-state index contributed by atoms with van der Waals surface area (Å²) in [6, 6.07) is 0. The van der Waals surface area contributed by atoms with Gasteiger partial charge in [0.05, 0.1) is 26.4 Å². The lowest BCUT2D eigenvalue weighted by Gasteiger charge is -2.21. The molecule has 0 spiro atoms. The first-order valence-corrected chi connectivity index (χ1v) is 36.2. The van der Waals surface area contributed by atoms with Gasteiger partial charge in [0, 0.05) is 25.7 Å². The highest BCUT2D eigenvalue weighted by atomic mass is 31.2. The maximum Gasteiger partial charge on any atom is 0.472 e. The molecule has 0 heterocycles. The van der Waals surface area contributed by atoms with E-state index in [2.05, 4.69) is 55.4 Å². The van der Waals surface area contributed by atoms with Gasteiger partial charge in [-0.05, 0) is 49.4 Å². The van der Waals surface area contributed by atoms with Gasteiger partial charge in [-0.2, -0.15) is 0 Å². The van der Waals surface area contributed by atoms with Gasteiger partial charge in [-0.25, -0.2) is 9.13 Å². The van der Waals surface area contributed by atoms with Crippen LogP contribution in [0.4, 0.5) is 0 Å². The highest BCUT2D eigenvalue weighted by Gasteiger charge is 2.30. The number of carbonyl (C=O) groups is 4. The number of phosphoric ester groups is 2. The first-order valence-electron chi connectivity index (χ1n) is 33.2. The maximum absolute atomic E-state index is 13.0. The third-order valence-electron chi connectivity index (χ3n) is 14.9. The molecule has 0 bridgehead atoms. The van der Waals surface area contributed by atoms with Crippen LogP contribution in [0.1, 0.15) is 306 Å². The Morgan fingerprint density at radius 1 is 0.337 bits per heavy atom. The van der Waals surface area contributed by atoms with E-state index in [1.54, 1.807) is 0 Å². The number of ether oxygens (including phenoxy) is 4. The van der Waals surface area contributed by atoms with E-state index in [-0.39, 0.29) is 25.7 Å². The van der Waals surface area contributed by atoms with Gasteiger partial charge in [0.15, 0.2) is 12.2 Å². The van der Waals surface area contributed by atoms with Crippen LogP contribution >= 0.6 is 15.6 Å². The topological polar surface area (TPSA) is 237 Å². The molecule has 0 fully saturated rings. The SMILES string of the molecule is CCC(C)CCCCCCCCCCC(=O)O[C@H](COC(=O)CCCCCCCCC(C)C)COP(=O)(O)OC[C@H](O)COP(=O)(O)OC[C@@H](COC(=O)CCCCCCCCCCCC(C)C)OC(=O)CCCCCCCCCC(C)C. The summed E-state index contributed by atoms with van der Waals surface area (Å²) in [4.78, 5) is 72.2. The van der Waals surface area contributed by atoms with Crippen molar-refractivity contribution in [2.24, 2.45) is 23.7 Å². The molecular formula is C64H124O17P2. The lowest BCUT2D eigenvalue weighted by Crippen LogP contribution is -2.30. The fraction of sp³-hybridized carbons (Fsp3) is 0.938. The van der Waals surface area contributed by atoms with E-state index >= 15 is 0 Å². The van der Waals surface area contributed by atoms with Crippen LogP contribution in [0.25, 0.3) is 0 Å². The first kappa shape index (κ1) is 81.1. The summed E-state index contributed by atoms with van der Waals surface area (Å²) in [5.41, 5.74) is 0. The van der Waals surface area contributed by atoms with Crippen molar-refractivity contribution in [2.45, 2.75) is 324 Å². The molecule has 0 aliphatic rings. The van der Waals surface area contributed by atoms with E-state index in [4.69, 9.17) is 37.0 Å². The van der Waals surface area contributed by atoms with Gasteiger partial charge in [0.1, 0.15) is 19.3 Å². The van der Waals surface area contributed by atoms with Gasteiger partial charge < -0.3 is 33.8 Å². The van der Waals surface area contributed by atoms with Crippen LogP contribution in [0.3, 0.4) is 0 Å². The summed E-state index contributed by atoms with van der Waals surface area (Å²) < 4.78 is 68.0. The Balaban J connectivity index is 5.25. The van der Waals surface area contributed by atoms with E-state index in [0.29, 0.717) is 37.5 Å². The number of phosphoric acid groups is 2. The molecule has 0 aromatic carbocycles. The Bertz CT molecular complexity index is 1660. The van der Waals surface area contributed by atoms with Gasteiger partial charge in [-0.15, -0.1) is 0 Å². The van der Waals surface area contributed by atoms with Crippen molar-refractivity contribution in [3.05, 3.63) is 0 Å². The fourth-order valence-electron chi connectivity index (χ4n) is 9.40. The smallest absolute Gasteiger partial charge is 0.462 e. The highest BCUT2D eigenvalue weighted by molar-refractivity contribution is 7.47. The van der Waals surface area contributed by atoms with Crippen LogP contribution in [-0.2, 0) is 65.4 Å². The Morgan fingerprint density at radius 2 is 0.578 bits per heavy atom. The third kappa shape index (κ3) is 57.6. The third-order valence-corrected chi connectivity index (χ3v) is 16.8. The summed E-state index contributed by atoms with van der Waals surface area (Å²) in [5, 5.41) is 10.5. The number of esters is 4. The lowest BCUT2D eigenvalue weighted by atomic mass is 9.99. The minimum atomic E-state index is -4.94. The average Bonchev–Trinajstić information content (AvgIpc) is 3.45. The first-order chi connectivity index (χ1) is 39.6. The van der Waals surface area contributed by atoms with Crippen LogP contribution in [0.15, 0.2) is 0 Å².